The van der Waals surface area contributed by atoms with Crippen LogP contribution < -0.4 is 4.74 Å². The second kappa shape index (κ2) is 8.04. The van der Waals surface area contributed by atoms with Gasteiger partial charge in [-0.25, -0.2) is 4.79 Å². The number of hydrogen-bond donors (Lipinski definition) is 1. The number of carbonyl (C=O) groups excluding carboxylic acids is 5. The monoisotopic (exact) mass is 477 g/mol. The van der Waals surface area contributed by atoms with Crippen molar-refractivity contribution >= 4 is 29.5 Å². The Hall–Kier alpha value is -4.01. The smallest absolute Gasteiger partial charge is 0.423 e. The van der Waals surface area contributed by atoms with Crippen LogP contribution in [0.2, 0.25) is 0 Å². The van der Waals surface area contributed by atoms with E-state index in [-0.39, 0.29) is 46.9 Å². The Bertz CT molecular complexity index is 1320. The first kappa shape index (κ1) is 22.8. The lowest BCUT2D eigenvalue weighted by atomic mass is 9.59. The summed E-state index contributed by atoms with van der Waals surface area (Å²) in [6, 6.07) is 4.69. The predicted molar refractivity (Wildman–Crippen MR) is 120 cm³/mol. The topological polar surface area (TPSA) is 127 Å². The first-order valence-electron chi connectivity index (χ1n) is 11.2. The molecule has 1 aromatic rings. The molecule has 3 aliphatic carbocycles. The van der Waals surface area contributed by atoms with E-state index in [9.17, 15) is 29.1 Å². The molecule has 35 heavy (non-hydrogen) atoms. The van der Waals surface area contributed by atoms with Crippen molar-refractivity contribution in [3.8, 4) is 11.5 Å². The molecule has 0 bridgehead atoms. The minimum atomic E-state index is -1.04. The quantitative estimate of drug-likeness (QED) is 0.391. The van der Waals surface area contributed by atoms with Crippen LogP contribution in [-0.4, -0.2) is 53.7 Å². The van der Waals surface area contributed by atoms with Crippen LogP contribution in [0.15, 0.2) is 52.6 Å². The highest BCUT2D eigenvalue weighted by Gasteiger charge is 2.58. The maximum Gasteiger partial charge on any atom is 0.423 e. The van der Waals surface area contributed by atoms with Crippen molar-refractivity contribution in [3.05, 3.63) is 58.2 Å². The molecule has 1 saturated heterocycles. The van der Waals surface area contributed by atoms with E-state index >= 15 is 0 Å². The molecule has 4 unspecified atom stereocenters. The third-order valence-corrected chi connectivity index (χ3v) is 7.47. The third kappa shape index (κ3) is 3.18. The van der Waals surface area contributed by atoms with Crippen LogP contribution in [0.1, 0.15) is 31.2 Å². The van der Waals surface area contributed by atoms with Gasteiger partial charge >= 0.3 is 6.09 Å². The van der Waals surface area contributed by atoms with E-state index in [0.717, 1.165) is 7.11 Å². The van der Waals surface area contributed by atoms with Gasteiger partial charge in [-0.2, -0.15) is 4.90 Å². The van der Waals surface area contributed by atoms with Crippen molar-refractivity contribution in [1.82, 2.24) is 4.90 Å². The van der Waals surface area contributed by atoms with E-state index in [1.165, 1.54) is 19.3 Å². The van der Waals surface area contributed by atoms with Crippen molar-refractivity contribution in [3.63, 3.8) is 0 Å². The van der Waals surface area contributed by atoms with Crippen LogP contribution in [0, 0.1) is 17.8 Å². The Morgan fingerprint density at radius 1 is 1.09 bits per heavy atom. The van der Waals surface area contributed by atoms with E-state index in [1.807, 2.05) is 0 Å². The number of phenolic OH excluding ortho intramolecular Hbond substituents is 1. The molecule has 9 nitrogen and oxygen atoms in total. The van der Waals surface area contributed by atoms with Crippen molar-refractivity contribution in [2.45, 2.75) is 25.7 Å². The number of Topliss-reactive ketones (excluding diaryl/α,β-unsaturated/α-hetero) is 1. The van der Waals surface area contributed by atoms with Crippen molar-refractivity contribution in [1.29, 1.82) is 0 Å². The van der Waals surface area contributed by atoms with E-state index in [0.29, 0.717) is 21.8 Å². The molecule has 0 radical (unpaired) electrons. The molecule has 1 fully saturated rings. The molecule has 9 heteroatoms. The standard InChI is InChI=1S/C26H23NO8/c1-11-8-19(29)22-17(23(11)30)10-16-13(20(22)14-5-4-12(34-2)9-18(14)28)6-7-15-21(16)25(32)27(24(15)31)26(33)35-3/h4-6,8-9,15-16,20-21,28H,7,10H2,1-3H3. The number of likely N-dealkylation sites (tertiary alicyclic amines) is 1. The summed E-state index contributed by atoms with van der Waals surface area (Å²) < 4.78 is 9.83. The van der Waals surface area contributed by atoms with Gasteiger partial charge in [0.2, 0.25) is 11.8 Å². The van der Waals surface area contributed by atoms with Crippen LogP contribution in [-0.2, 0) is 23.9 Å². The zero-order chi connectivity index (χ0) is 25.2. The van der Waals surface area contributed by atoms with E-state index in [4.69, 9.17) is 4.74 Å². The van der Waals surface area contributed by atoms with E-state index in [1.54, 1.807) is 25.1 Å². The van der Waals surface area contributed by atoms with E-state index in [2.05, 4.69) is 4.74 Å². The summed E-state index contributed by atoms with van der Waals surface area (Å²) in [6.07, 6.45) is 2.32. The van der Waals surface area contributed by atoms with Gasteiger partial charge in [-0.3, -0.25) is 19.2 Å². The number of benzene rings is 1. The fourth-order valence-corrected chi connectivity index (χ4v) is 5.90. The largest absolute Gasteiger partial charge is 0.507 e. The van der Waals surface area contributed by atoms with Crippen LogP contribution in [0.25, 0.3) is 0 Å². The zero-order valence-electron chi connectivity index (χ0n) is 19.4. The summed E-state index contributed by atoms with van der Waals surface area (Å²) in [6.45, 7) is 1.56. The van der Waals surface area contributed by atoms with Gasteiger partial charge in [0.25, 0.3) is 0 Å². The number of allylic oxidation sites excluding steroid dienone is 6. The average molecular weight is 477 g/mol. The van der Waals surface area contributed by atoms with Gasteiger partial charge in [-0.1, -0.05) is 17.7 Å². The van der Waals surface area contributed by atoms with Gasteiger partial charge in [0.05, 0.1) is 26.1 Å². The number of methoxy groups -OCH3 is 2. The van der Waals surface area contributed by atoms with Gasteiger partial charge in [0.15, 0.2) is 11.6 Å². The molecule has 1 N–H and O–H groups in total. The molecule has 0 spiro atoms. The van der Waals surface area contributed by atoms with Crippen LogP contribution in [0.5, 0.6) is 11.5 Å². The summed E-state index contributed by atoms with van der Waals surface area (Å²) >= 11 is 0. The fraction of sp³-hybridized carbons (Fsp3) is 0.346. The summed E-state index contributed by atoms with van der Waals surface area (Å²) in [5, 5.41) is 10.9. The fourth-order valence-electron chi connectivity index (χ4n) is 5.90. The number of hydrogen-bond acceptors (Lipinski definition) is 8. The van der Waals surface area contributed by atoms with Gasteiger partial charge in [0, 0.05) is 34.3 Å². The summed E-state index contributed by atoms with van der Waals surface area (Å²) in [7, 11) is 2.55. The second-order valence-corrected chi connectivity index (χ2v) is 9.14. The highest BCUT2D eigenvalue weighted by molar-refractivity contribution is 6.24. The number of fused-ring (bicyclic) bond motifs is 3. The minimum Gasteiger partial charge on any atom is -0.507 e. The third-order valence-electron chi connectivity index (χ3n) is 7.47. The number of rotatable bonds is 2. The Morgan fingerprint density at radius 2 is 1.83 bits per heavy atom. The van der Waals surface area contributed by atoms with Gasteiger partial charge in [-0.15, -0.1) is 0 Å². The van der Waals surface area contributed by atoms with Crippen LogP contribution >= 0.6 is 0 Å². The van der Waals surface area contributed by atoms with Crippen molar-refractivity contribution < 1.29 is 38.6 Å². The van der Waals surface area contributed by atoms with Crippen molar-refractivity contribution in [2.24, 2.45) is 17.8 Å². The van der Waals surface area contributed by atoms with Crippen LogP contribution in [0.4, 0.5) is 4.79 Å². The van der Waals surface area contributed by atoms with Gasteiger partial charge in [-0.05, 0) is 37.8 Å². The molecule has 5 rings (SSSR count). The molecule has 4 atom stereocenters. The Kier molecular flexibility index (Phi) is 5.23. The maximum absolute atomic E-state index is 13.3. The molecule has 1 heterocycles. The SMILES string of the molecule is COC(=O)N1C(=O)C2CC=C3C(c4ccc(OC)cc4O)C4=C(CC3C2C1=O)C(=O)C(C)=CC4=O. The van der Waals surface area contributed by atoms with Gasteiger partial charge < -0.3 is 14.6 Å². The van der Waals surface area contributed by atoms with E-state index < -0.39 is 41.6 Å². The summed E-state index contributed by atoms with van der Waals surface area (Å²) in [5.74, 6) is -4.69. The number of phenols is 1. The molecule has 4 aliphatic rings. The van der Waals surface area contributed by atoms with Crippen molar-refractivity contribution in [2.75, 3.05) is 14.2 Å². The first-order chi connectivity index (χ1) is 16.7. The minimum absolute atomic E-state index is 0.0829. The Balaban J connectivity index is 1.69. The lowest BCUT2D eigenvalue weighted by molar-refractivity contribution is -0.137. The predicted octanol–water partition coefficient (Wildman–Crippen LogP) is 2.60. The first-order valence-corrected chi connectivity index (χ1v) is 11.2. The number of amides is 3. The number of carbonyl (C=O) groups is 5. The highest BCUT2D eigenvalue weighted by atomic mass is 16.5. The normalized spacial score (nSPS) is 27.7. The zero-order valence-corrected chi connectivity index (χ0v) is 19.4. The number of nitrogens with zero attached hydrogens (tertiary/aromatic N) is 1. The molecule has 180 valence electrons. The Labute approximate surface area is 200 Å². The molecule has 3 amide bonds. The number of imide groups is 3. The molecule has 0 aromatic heterocycles. The molecule has 1 aromatic carbocycles. The number of aromatic hydroxyl groups is 1. The molecular weight excluding hydrogens is 454 g/mol. The summed E-state index contributed by atoms with van der Waals surface area (Å²) in [5.41, 5.74) is 1.89. The summed E-state index contributed by atoms with van der Waals surface area (Å²) in [4.78, 5) is 65.3. The van der Waals surface area contributed by atoms with Crippen LogP contribution in [0.3, 0.4) is 0 Å². The lowest BCUT2D eigenvalue weighted by Gasteiger charge is -2.42. The van der Waals surface area contributed by atoms with Gasteiger partial charge in [0.1, 0.15) is 11.5 Å². The molecular formula is C26H23NO8. The number of ether oxygens (including phenoxy) is 2. The highest BCUT2D eigenvalue weighted by Crippen LogP contribution is 2.56. The molecule has 0 saturated carbocycles. The molecule has 1 aliphatic heterocycles. The second-order valence-electron chi connectivity index (χ2n) is 9.14. The average Bonchev–Trinajstić information content (AvgIpc) is 3.10. The Morgan fingerprint density at radius 3 is 2.49 bits per heavy atom. The lowest BCUT2D eigenvalue weighted by Crippen LogP contribution is -2.40. The maximum atomic E-state index is 13.3. The number of ketones is 2.